The predicted molar refractivity (Wildman–Crippen MR) is 93.3 cm³/mol. The van der Waals surface area contributed by atoms with Crippen molar-refractivity contribution in [1.82, 2.24) is 10.3 Å². The van der Waals surface area contributed by atoms with E-state index in [9.17, 15) is 9.90 Å². The molecule has 0 spiro atoms. The molecule has 24 heavy (non-hydrogen) atoms. The summed E-state index contributed by atoms with van der Waals surface area (Å²) in [5.41, 5.74) is 5.08. The van der Waals surface area contributed by atoms with Crippen LogP contribution in [0.15, 0.2) is 41.0 Å². The lowest BCUT2D eigenvalue weighted by Gasteiger charge is -2.29. The van der Waals surface area contributed by atoms with Crippen LogP contribution in [0.3, 0.4) is 0 Å². The molecule has 1 aromatic rings. The molecule has 0 bridgehead atoms. The molecule has 2 aliphatic heterocycles. The van der Waals surface area contributed by atoms with Gasteiger partial charge in [0.05, 0.1) is 23.5 Å². The molecular formula is C17H18N4O2S. The number of hydrazone groups is 1. The van der Waals surface area contributed by atoms with E-state index in [-0.39, 0.29) is 5.91 Å². The van der Waals surface area contributed by atoms with E-state index < -0.39 is 6.10 Å². The summed E-state index contributed by atoms with van der Waals surface area (Å²) in [6, 6.07) is 9.11. The quantitative estimate of drug-likeness (QED) is 0.863. The number of hydrogen-bond donors (Lipinski definition) is 2. The molecule has 1 aromatic carbocycles. The first-order chi connectivity index (χ1) is 11.7. The van der Waals surface area contributed by atoms with Crippen LogP contribution in [-0.2, 0) is 4.79 Å². The Hall–Kier alpha value is -2.14. The number of nitriles is 1. The predicted octanol–water partition coefficient (Wildman–Crippen LogP) is 1.40. The van der Waals surface area contributed by atoms with Crippen LogP contribution in [0.5, 0.6) is 0 Å². The van der Waals surface area contributed by atoms with Crippen molar-refractivity contribution in [2.75, 3.05) is 25.4 Å². The molecule has 2 N–H and O–H groups in total. The smallest absolute Gasteiger partial charge is 0.250 e. The maximum atomic E-state index is 11.1. The number of rotatable bonds is 4. The molecule has 124 valence electrons. The van der Waals surface area contributed by atoms with Crippen LogP contribution in [0.2, 0.25) is 0 Å². The third-order valence-electron chi connectivity index (χ3n) is 4.05. The van der Waals surface area contributed by atoms with E-state index in [4.69, 9.17) is 5.26 Å². The van der Waals surface area contributed by atoms with Gasteiger partial charge in [-0.2, -0.15) is 10.4 Å². The van der Waals surface area contributed by atoms with Gasteiger partial charge in [0.15, 0.2) is 0 Å². The molecule has 2 aliphatic rings. The second-order valence-electron chi connectivity index (χ2n) is 5.73. The van der Waals surface area contributed by atoms with Crippen LogP contribution in [0.25, 0.3) is 0 Å². The summed E-state index contributed by atoms with van der Waals surface area (Å²) in [5, 5.41) is 24.2. The summed E-state index contributed by atoms with van der Waals surface area (Å²) in [4.78, 5) is 13.3. The van der Waals surface area contributed by atoms with Crippen LogP contribution in [0.4, 0.5) is 0 Å². The molecule has 0 aliphatic carbocycles. The molecule has 1 unspecified atom stereocenters. The second kappa shape index (κ2) is 7.62. The van der Waals surface area contributed by atoms with E-state index in [1.165, 1.54) is 11.8 Å². The fourth-order valence-corrected chi connectivity index (χ4v) is 3.49. The van der Waals surface area contributed by atoms with Crippen molar-refractivity contribution in [1.29, 1.82) is 5.26 Å². The summed E-state index contributed by atoms with van der Waals surface area (Å²) >= 11 is 1.47. The number of aliphatic hydroxyl groups excluding tert-OH is 1. The minimum Gasteiger partial charge on any atom is -0.387 e. The van der Waals surface area contributed by atoms with Gasteiger partial charge in [-0.15, -0.1) is 0 Å². The van der Waals surface area contributed by atoms with Gasteiger partial charge in [0.1, 0.15) is 5.04 Å². The number of hydrogen-bond acceptors (Lipinski definition) is 6. The van der Waals surface area contributed by atoms with Crippen molar-refractivity contribution >= 4 is 22.7 Å². The molecule has 0 fully saturated rings. The number of β-amino-alcohol motifs (C(OH)–C–C–N with tert-alkyl or cyclic N) is 1. The van der Waals surface area contributed by atoms with E-state index in [2.05, 4.69) is 27.6 Å². The lowest BCUT2D eigenvalue weighted by molar-refractivity contribution is -0.118. The summed E-state index contributed by atoms with van der Waals surface area (Å²) in [5.74, 6) is 0.351. The summed E-state index contributed by atoms with van der Waals surface area (Å²) in [6.45, 7) is 2.13. The number of aliphatic hydroxyl groups is 1. The van der Waals surface area contributed by atoms with Crippen LogP contribution in [0, 0.1) is 11.3 Å². The molecule has 0 saturated heterocycles. The number of nitrogens with one attached hydrogen (secondary N) is 1. The Labute approximate surface area is 144 Å². The Bertz CT molecular complexity index is 721. The van der Waals surface area contributed by atoms with Crippen molar-refractivity contribution in [3.8, 4) is 6.07 Å². The first-order valence-electron chi connectivity index (χ1n) is 7.75. The number of amides is 1. The van der Waals surface area contributed by atoms with E-state index in [0.717, 1.165) is 35.7 Å². The van der Waals surface area contributed by atoms with Crippen molar-refractivity contribution in [3.63, 3.8) is 0 Å². The number of carbonyl (C=O) groups is 1. The Morgan fingerprint density at radius 2 is 2.21 bits per heavy atom. The number of carbonyl (C=O) groups excluding carboxylic acids is 1. The average Bonchev–Trinajstić information content (AvgIpc) is 2.63. The highest BCUT2D eigenvalue weighted by Crippen LogP contribution is 2.23. The first kappa shape index (κ1) is 16.7. The number of benzene rings is 1. The van der Waals surface area contributed by atoms with Crippen molar-refractivity contribution < 1.29 is 9.90 Å². The molecule has 0 aromatic heterocycles. The highest BCUT2D eigenvalue weighted by atomic mass is 32.2. The van der Waals surface area contributed by atoms with Gasteiger partial charge < -0.3 is 5.11 Å². The lowest BCUT2D eigenvalue weighted by atomic mass is 10.0. The van der Waals surface area contributed by atoms with Crippen molar-refractivity contribution in [2.45, 2.75) is 12.5 Å². The zero-order chi connectivity index (χ0) is 16.9. The molecule has 0 saturated carbocycles. The van der Waals surface area contributed by atoms with Gasteiger partial charge in [0.25, 0.3) is 5.91 Å². The first-order valence-corrected chi connectivity index (χ1v) is 8.73. The maximum absolute atomic E-state index is 11.1. The second-order valence-corrected chi connectivity index (χ2v) is 6.69. The Kier molecular flexibility index (Phi) is 5.30. The third-order valence-corrected chi connectivity index (χ3v) is 5.08. The van der Waals surface area contributed by atoms with E-state index in [0.29, 0.717) is 17.9 Å². The maximum Gasteiger partial charge on any atom is 0.250 e. The zero-order valence-electron chi connectivity index (χ0n) is 13.1. The zero-order valence-corrected chi connectivity index (χ0v) is 13.9. The Morgan fingerprint density at radius 1 is 1.42 bits per heavy atom. The molecule has 2 heterocycles. The summed E-state index contributed by atoms with van der Waals surface area (Å²) < 4.78 is 0. The van der Waals surface area contributed by atoms with Gasteiger partial charge in [-0.1, -0.05) is 30.0 Å². The molecule has 6 nitrogen and oxygen atoms in total. The van der Waals surface area contributed by atoms with Crippen LogP contribution in [0.1, 0.15) is 23.7 Å². The number of thioether (sulfide) groups is 1. The van der Waals surface area contributed by atoms with E-state index >= 15 is 0 Å². The average molecular weight is 342 g/mol. The van der Waals surface area contributed by atoms with E-state index in [1.54, 1.807) is 24.3 Å². The number of nitrogens with zero attached hydrogens (tertiary/aromatic N) is 3. The van der Waals surface area contributed by atoms with Gasteiger partial charge in [0.2, 0.25) is 0 Å². The molecule has 1 amide bonds. The molecular weight excluding hydrogens is 324 g/mol. The topological polar surface area (TPSA) is 88.7 Å². The lowest BCUT2D eigenvalue weighted by Crippen LogP contribution is -2.34. The summed E-state index contributed by atoms with van der Waals surface area (Å²) in [7, 11) is 0. The van der Waals surface area contributed by atoms with Gasteiger partial charge in [-0.3, -0.25) is 9.69 Å². The highest BCUT2D eigenvalue weighted by Gasteiger charge is 2.21. The molecule has 1 atom stereocenters. The molecule has 7 heteroatoms. The third kappa shape index (κ3) is 4.03. The van der Waals surface area contributed by atoms with E-state index in [1.807, 2.05) is 0 Å². The fourth-order valence-electron chi connectivity index (χ4n) is 2.68. The molecule has 3 rings (SSSR count). The fraction of sp³-hybridized carbons (Fsp3) is 0.353. The summed E-state index contributed by atoms with van der Waals surface area (Å²) in [6.07, 6.45) is 2.38. The standard InChI is InChI=1S/C17H18N4O2S/c18-9-12-1-3-13(4-2-12)15(22)10-21-7-5-14(6-8-21)17-20-19-16(23)11-24-17/h1-5,15,22H,6-8,10-11H2,(H,19,23). The van der Waals surface area contributed by atoms with Crippen molar-refractivity contribution in [2.24, 2.45) is 5.10 Å². The monoisotopic (exact) mass is 342 g/mol. The Balaban J connectivity index is 1.56. The van der Waals surface area contributed by atoms with Crippen LogP contribution in [-0.4, -0.2) is 46.3 Å². The largest absolute Gasteiger partial charge is 0.387 e. The normalized spacial score (nSPS) is 19.8. The highest BCUT2D eigenvalue weighted by molar-refractivity contribution is 8.15. The van der Waals surface area contributed by atoms with Crippen molar-refractivity contribution in [3.05, 3.63) is 47.0 Å². The van der Waals surface area contributed by atoms with Gasteiger partial charge in [-0.05, 0) is 29.7 Å². The molecule has 0 radical (unpaired) electrons. The van der Waals surface area contributed by atoms with Gasteiger partial charge in [0, 0.05) is 19.6 Å². The minimum atomic E-state index is -0.576. The SMILES string of the molecule is N#Cc1ccc(C(O)CN2CC=C(C3=NNC(=O)CS3)CC2)cc1. The van der Waals surface area contributed by atoms with Gasteiger partial charge >= 0.3 is 0 Å². The van der Waals surface area contributed by atoms with Crippen LogP contribution >= 0.6 is 11.8 Å². The Morgan fingerprint density at radius 3 is 2.79 bits per heavy atom. The van der Waals surface area contributed by atoms with Gasteiger partial charge in [-0.25, -0.2) is 5.43 Å². The van der Waals surface area contributed by atoms with Crippen LogP contribution < -0.4 is 5.43 Å². The minimum absolute atomic E-state index is 0.0627.